The molecule has 0 radical (unpaired) electrons. The Morgan fingerprint density at radius 1 is 1.07 bits per heavy atom. The fourth-order valence-corrected chi connectivity index (χ4v) is 3.32. The Bertz CT molecular complexity index is 868. The number of halogens is 3. The van der Waals surface area contributed by atoms with Crippen LogP contribution in [0.25, 0.3) is 0 Å². The molecule has 154 valence electrons. The minimum Gasteiger partial charge on any atom is -0.435 e. The quantitative estimate of drug-likeness (QED) is 0.800. The van der Waals surface area contributed by atoms with Gasteiger partial charge in [0.1, 0.15) is 11.6 Å². The van der Waals surface area contributed by atoms with Gasteiger partial charge in [0, 0.05) is 24.7 Å². The second kappa shape index (κ2) is 9.45. The van der Waals surface area contributed by atoms with Gasteiger partial charge in [-0.3, -0.25) is 9.59 Å². The number of amides is 2. The lowest BCUT2D eigenvalue weighted by Gasteiger charge is -2.32. The second-order valence-corrected chi connectivity index (χ2v) is 6.77. The maximum Gasteiger partial charge on any atom is 0.387 e. The van der Waals surface area contributed by atoms with Crippen LogP contribution in [0, 0.1) is 5.82 Å². The number of hydrogen-bond acceptors (Lipinski definition) is 3. The summed E-state index contributed by atoms with van der Waals surface area (Å²) in [6, 6.07) is 11.8. The van der Waals surface area contributed by atoms with E-state index in [0.717, 1.165) is 0 Å². The van der Waals surface area contributed by atoms with Gasteiger partial charge < -0.3 is 15.0 Å². The maximum absolute atomic E-state index is 13.7. The third-order valence-electron chi connectivity index (χ3n) is 4.83. The maximum atomic E-state index is 13.7. The van der Waals surface area contributed by atoms with Crippen molar-refractivity contribution < 1.29 is 27.5 Å². The second-order valence-electron chi connectivity index (χ2n) is 6.77. The molecule has 1 saturated heterocycles. The monoisotopic (exact) mass is 406 g/mol. The predicted molar refractivity (Wildman–Crippen MR) is 100 cm³/mol. The molecular formula is C21H21F3N2O3. The van der Waals surface area contributed by atoms with Crippen LogP contribution in [0.1, 0.15) is 28.8 Å². The molecule has 0 aliphatic carbocycles. The molecule has 0 spiro atoms. The van der Waals surface area contributed by atoms with E-state index in [2.05, 4.69) is 10.1 Å². The van der Waals surface area contributed by atoms with Crippen molar-refractivity contribution in [3.05, 3.63) is 65.5 Å². The number of carbonyl (C=O) groups is 2. The van der Waals surface area contributed by atoms with Crippen molar-refractivity contribution in [2.45, 2.75) is 31.9 Å². The number of likely N-dealkylation sites (tertiary alicyclic amines) is 1. The molecular weight excluding hydrogens is 385 g/mol. The van der Waals surface area contributed by atoms with Gasteiger partial charge in [-0.15, -0.1) is 0 Å². The van der Waals surface area contributed by atoms with Gasteiger partial charge in [-0.05, 0) is 31.0 Å². The normalized spacial score (nSPS) is 14.7. The lowest BCUT2D eigenvalue weighted by atomic mass is 10.0. The number of alkyl halides is 2. The first-order chi connectivity index (χ1) is 13.9. The average Bonchev–Trinajstić information content (AvgIpc) is 2.70. The van der Waals surface area contributed by atoms with Crippen molar-refractivity contribution >= 4 is 11.8 Å². The van der Waals surface area contributed by atoms with Crippen LogP contribution in [-0.2, 0) is 11.2 Å². The van der Waals surface area contributed by atoms with E-state index in [9.17, 15) is 22.8 Å². The first kappa shape index (κ1) is 20.7. The molecule has 1 fully saturated rings. The number of ether oxygens (including phenoxy) is 1. The molecule has 0 bridgehead atoms. The van der Waals surface area contributed by atoms with Gasteiger partial charge in [0.2, 0.25) is 5.91 Å². The van der Waals surface area contributed by atoms with Crippen molar-refractivity contribution in [2.24, 2.45) is 0 Å². The molecule has 29 heavy (non-hydrogen) atoms. The number of piperidine rings is 1. The lowest BCUT2D eigenvalue weighted by molar-refractivity contribution is -0.131. The zero-order valence-corrected chi connectivity index (χ0v) is 15.6. The topological polar surface area (TPSA) is 58.6 Å². The molecule has 3 rings (SSSR count). The largest absolute Gasteiger partial charge is 0.435 e. The van der Waals surface area contributed by atoms with Gasteiger partial charge in [-0.25, -0.2) is 4.39 Å². The summed E-state index contributed by atoms with van der Waals surface area (Å²) < 4.78 is 43.2. The van der Waals surface area contributed by atoms with Crippen molar-refractivity contribution in [1.82, 2.24) is 10.2 Å². The molecule has 0 aromatic heterocycles. The SMILES string of the molecule is O=C(NC1CCN(C(=O)Cc2ccccc2OC(F)F)CC1)c1ccccc1F. The van der Waals surface area contributed by atoms with E-state index < -0.39 is 18.3 Å². The Morgan fingerprint density at radius 2 is 1.72 bits per heavy atom. The molecule has 0 saturated carbocycles. The molecule has 2 aromatic rings. The van der Waals surface area contributed by atoms with E-state index in [1.165, 1.54) is 24.3 Å². The van der Waals surface area contributed by atoms with Crippen LogP contribution in [-0.4, -0.2) is 42.5 Å². The Labute approximate surface area is 166 Å². The van der Waals surface area contributed by atoms with Crippen LogP contribution in [0.4, 0.5) is 13.2 Å². The number of carbonyl (C=O) groups excluding carboxylic acids is 2. The number of rotatable bonds is 6. The van der Waals surface area contributed by atoms with Crippen LogP contribution in [0.15, 0.2) is 48.5 Å². The van der Waals surface area contributed by atoms with Crippen molar-refractivity contribution in [1.29, 1.82) is 0 Å². The van der Waals surface area contributed by atoms with Gasteiger partial charge in [0.05, 0.1) is 12.0 Å². The first-order valence-corrected chi connectivity index (χ1v) is 9.30. The van der Waals surface area contributed by atoms with Gasteiger partial charge in [0.25, 0.3) is 5.91 Å². The molecule has 2 aromatic carbocycles. The van der Waals surface area contributed by atoms with Crippen molar-refractivity contribution in [3.63, 3.8) is 0 Å². The number of nitrogens with zero attached hydrogens (tertiary/aromatic N) is 1. The standard InChI is InChI=1S/C21H21F3N2O3/c22-17-7-3-2-6-16(17)20(28)25-15-9-11-26(12-10-15)19(27)13-14-5-1-4-8-18(14)29-21(23)24/h1-8,15,21H,9-13H2,(H,25,28). The van der Waals surface area contributed by atoms with Crippen LogP contribution < -0.4 is 10.1 Å². The van der Waals surface area contributed by atoms with E-state index in [0.29, 0.717) is 31.5 Å². The lowest BCUT2D eigenvalue weighted by Crippen LogP contribution is -2.47. The number of nitrogens with one attached hydrogen (secondary N) is 1. The predicted octanol–water partition coefficient (Wildman–Crippen LogP) is 3.39. The van der Waals surface area contributed by atoms with Crippen LogP contribution in [0.3, 0.4) is 0 Å². The molecule has 0 atom stereocenters. The first-order valence-electron chi connectivity index (χ1n) is 9.30. The zero-order valence-electron chi connectivity index (χ0n) is 15.6. The Hall–Kier alpha value is -3.03. The highest BCUT2D eigenvalue weighted by atomic mass is 19.3. The minimum absolute atomic E-state index is 0.0112. The fourth-order valence-electron chi connectivity index (χ4n) is 3.32. The van der Waals surface area contributed by atoms with Crippen molar-refractivity contribution in [3.8, 4) is 5.75 Å². The fraction of sp³-hybridized carbons (Fsp3) is 0.333. The van der Waals surface area contributed by atoms with E-state index in [1.807, 2.05) is 0 Å². The van der Waals surface area contributed by atoms with E-state index >= 15 is 0 Å². The zero-order chi connectivity index (χ0) is 20.8. The molecule has 1 heterocycles. The average molecular weight is 406 g/mol. The molecule has 0 unspecified atom stereocenters. The molecule has 2 amide bonds. The molecule has 1 aliphatic rings. The number of hydrogen-bond donors (Lipinski definition) is 1. The molecule has 8 heteroatoms. The Kier molecular flexibility index (Phi) is 6.74. The summed E-state index contributed by atoms with van der Waals surface area (Å²) in [7, 11) is 0. The minimum atomic E-state index is -2.96. The van der Waals surface area contributed by atoms with Gasteiger partial charge >= 0.3 is 6.61 Å². The highest BCUT2D eigenvalue weighted by Crippen LogP contribution is 2.22. The van der Waals surface area contributed by atoms with Crippen LogP contribution >= 0.6 is 0 Å². The van der Waals surface area contributed by atoms with Crippen LogP contribution in [0.5, 0.6) is 5.75 Å². The van der Waals surface area contributed by atoms with Gasteiger partial charge in [-0.2, -0.15) is 8.78 Å². The van der Waals surface area contributed by atoms with E-state index in [1.54, 1.807) is 29.2 Å². The third-order valence-corrected chi connectivity index (χ3v) is 4.83. The summed E-state index contributed by atoms with van der Waals surface area (Å²) in [4.78, 5) is 26.4. The van der Waals surface area contributed by atoms with E-state index in [-0.39, 0.29) is 29.7 Å². The summed E-state index contributed by atoms with van der Waals surface area (Å²) in [6.45, 7) is -2.13. The smallest absolute Gasteiger partial charge is 0.387 e. The van der Waals surface area contributed by atoms with Gasteiger partial charge in [-0.1, -0.05) is 30.3 Å². The third kappa shape index (κ3) is 5.49. The number of benzene rings is 2. The van der Waals surface area contributed by atoms with E-state index in [4.69, 9.17) is 0 Å². The summed E-state index contributed by atoms with van der Waals surface area (Å²) in [5, 5.41) is 2.80. The molecule has 1 aliphatic heterocycles. The highest BCUT2D eigenvalue weighted by Gasteiger charge is 2.25. The highest BCUT2D eigenvalue weighted by molar-refractivity contribution is 5.94. The molecule has 5 nitrogen and oxygen atoms in total. The molecule has 1 N–H and O–H groups in total. The summed E-state index contributed by atoms with van der Waals surface area (Å²) >= 11 is 0. The Morgan fingerprint density at radius 3 is 2.41 bits per heavy atom. The number of para-hydroxylation sites is 1. The summed E-state index contributed by atoms with van der Waals surface area (Å²) in [5.41, 5.74) is 0.384. The van der Waals surface area contributed by atoms with Crippen LogP contribution in [0.2, 0.25) is 0 Å². The Balaban J connectivity index is 1.52. The summed E-state index contributed by atoms with van der Waals surface area (Å²) in [5.74, 6) is -1.27. The van der Waals surface area contributed by atoms with Gasteiger partial charge in [0.15, 0.2) is 0 Å². The van der Waals surface area contributed by atoms with Crippen molar-refractivity contribution in [2.75, 3.05) is 13.1 Å². The summed E-state index contributed by atoms with van der Waals surface area (Å²) in [6.07, 6.45) is 1.01.